The molecule has 1 heterocycles. The highest BCUT2D eigenvalue weighted by Crippen LogP contribution is 2.24. The molecule has 1 aromatic rings. The third-order valence-electron chi connectivity index (χ3n) is 3.16. The van der Waals surface area contributed by atoms with Crippen LogP contribution in [0, 0.1) is 0 Å². The smallest absolute Gasteiger partial charge is 0.328 e. The summed E-state index contributed by atoms with van der Waals surface area (Å²) in [6.45, 7) is 0.459. The van der Waals surface area contributed by atoms with Gasteiger partial charge in [-0.3, -0.25) is 4.79 Å². The molecule has 1 amide bonds. The number of fused-ring (bicyclic) bond motifs is 1. The Balaban J connectivity index is 2.33. The second-order valence-corrected chi connectivity index (χ2v) is 4.73. The number of rotatable bonds is 2. The average Bonchev–Trinajstić information content (AvgIpc) is 2.44. The zero-order chi connectivity index (χ0) is 13.1. The van der Waals surface area contributed by atoms with Gasteiger partial charge in [-0.1, -0.05) is 40.2 Å². The quantitative estimate of drug-likeness (QED) is 0.614. The summed E-state index contributed by atoms with van der Waals surface area (Å²) in [5.41, 5.74) is 2.19. The molecular formula is C13H14BrNO3. The van der Waals surface area contributed by atoms with Crippen LogP contribution in [0.2, 0.25) is 0 Å². The molecule has 0 aromatic heterocycles. The molecule has 2 rings (SSSR count). The minimum absolute atomic E-state index is 0.0973. The first kappa shape index (κ1) is 13.1. The van der Waals surface area contributed by atoms with E-state index in [2.05, 4.69) is 15.9 Å². The van der Waals surface area contributed by atoms with Gasteiger partial charge in [0.15, 0.2) is 0 Å². The van der Waals surface area contributed by atoms with Gasteiger partial charge in [-0.25, -0.2) is 4.79 Å². The molecule has 0 unspecified atom stereocenters. The van der Waals surface area contributed by atoms with Crippen LogP contribution in [0.25, 0.3) is 0 Å². The molecule has 0 N–H and O–H groups in total. The van der Waals surface area contributed by atoms with Gasteiger partial charge in [-0.2, -0.15) is 0 Å². The number of carbonyl (C=O) groups is 2. The monoisotopic (exact) mass is 311 g/mol. The summed E-state index contributed by atoms with van der Waals surface area (Å²) in [6.07, 6.45) is 0.515. The summed E-state index contributed by atoms with van der Waals surface area (Å²) in [7, 11) is 1.35. The third kappa shape index (κ3) is 2.41. The van der Waals surface area contributed by atoms with Crippen LogP contribution in [-0.2, 0) is 27.3 Å². The van der Waals surface area contributed by atoms with E-state index in [1.807, 2.05) is 24.3 Å². The Morgan fingerprint density at radius 2 is 2.06 bits per heavy atom. The molecule has 0 radical (unpaired) electrons. The van der Waals surface area contributed by atoms with Gasteiger partial charge in [0.05, 0.1) is 12.4 Å². The lowest BCUT2D eigenvalue weighted by molar-refractivity contribution is -0.153. The fourth-order valence-electron chi connectivity index (χ4n) is 2.21. The van der Waals surface area contributed by atoms with Crippen molar-refractivity contribution in [3.8, 4) is 0 Å². The number of esters is 1. The molecule has 0 spiro atoms. The van der Waals surface area contributed by atoms with E-state index in [1.54, 1.807) is 4.90 Å². The van der Waals surface area contributed by atoms with Crippen molar-refractivity contribution >= 4 is 27.8 Å². The Hall–Kier alpha value is -1.36. The first-order valence-corrected chi connectivity index (χ1v) is 6.79. The fraction of sp³-hybridized carbons (Fsp3) is 0.385. The molecule has 1 aliphatic heterocycles. The fourth-order valence-corrected chi connectivity index (χ4v) is 2.53. The Labute approximate surface area is 114 Å². The van der Waals surface area contributed by atoms with Crippen LogP contribution in [0.15, 0.2) is 24.3 Å². The molecule has 0 aliphatic carbocycles. The van der Waals surface area contributed by atoms with Crippen molar-refractivity contribution in [3.05, 3.63) is 35.4 Å². The van der Waals surface area contributed by atoms with E-state index in [4.69, 9.17) is 4.74 Å². The van der Waals surface area contributed by atoms with Crippen molar-refractivity contribution in [1.29, 1.82) is 0 Å². The van der Waals surface area contributed by atoms with Crippen LogP contribution in [0.3, 0.4) is 0 Å². The Morgan fingerprint density at radius 3 is 2.67 bits per heavy atom. The molecule has 18 heavy (non-hydrogen) atoms. The van der Waals surface area contributed by atoms with E-state index in [0.717, 1.165) is 11.1 Å². The number of amides is 1. The number of methoxy groups -OCH3 is 1. The number of alkyl halides is 1. The van der Waals surface area contributed by atoms with E-state index >= 15 is 0 Å². The molecule has 0 fully saturated rings. The van der Waals surface area contributed by atoms with Crippen molar-refractivity contribution in [3.63, 3.8) is 0 Å². The maximum atomic E-state index is 11.9. The largest absolute Gasteiger partial charge is 0.467 e. The Kier molecular flexibility index (Phi) is 4.01. The maximum Gasteiger partial charge on any atom is 0.328 e. The van der Waals surface area contributed by atoms with Gasteiger partial charge in [0, 0.05) is 13.0 Å². The summed E-state index contributed by atoms with van der Waals surface area (Å²) in [4.78, 5) is 25.2. The molecule has 1 aromatic carbocycles. The van der Waals surface area contributed by atoms with Crippen molar-refractivity contribution in [2.24, 2.45) is 0 Å². The molecule has 96 valence electrons. The SMILES string of the molecule is COC(=O)[C@@H]1Cc2ccccc2CN1C(=O)CBr. The number of hydrogen-bond donors (Lipinski definition) is 0. The molecular weight excluding hydrogens is 298 g/mol. The second-order valence-electron chi connectivity index (χ2n) is 4.17. The van der Waals surface area contributed by atoms with Gasteiger partial charge in [0.2, 0.25) is 5.91 Å². The highest BCUT2D eigenvalue weighted by Gasteiger charge is 2.34. The number of carbonyl (C=O) groups excluding carboxylic acids is 2. The van der Waals surface area contributed by atoms with Gasteiger partial charge in [0.25, 0.3) is 0 Å². The van der Waals surface area contributed by atoms with Gasteiger partial charge in [-0.15, -0.1) is 0 Å². The lowest BCUT2D eigenvalue weighted by atomic mass is 9.94. The van der Waals surface area contributed by atoms with Crippen LogP contribution >= 0.6 is 15.9 Å². The van der Waals surface area contributed by atoms with Gasteiger partial charge < -0.3 is 9.64 Å². The predicted octanol–water partition coefficient (Wildman–Crippen LogP) is 1.51. The first-order chi connectivity index (χ1) is 8.67. The molecule has 5 heteroatoms. The maximum absolute atomic E-state index is 11.9. The standard InChI is InChI=1S/C13H14BrNO3/c1-18-13(17)11-6-9-4-2-3-5-10(9)8-15(11)12(16)7-14/h2-5,11H,6-8H2,1H3/t11-/m0/s1. The summed E-state index contributed by atoms with van der Waals surface area (Å²) >= 11 is 3.15. The van der Waals surface area contributed by atoms with E-state index in [-0.39, 0.29) is 17.2 Å². The predicted molar refractivity (Wildman–Crippen MR) is 70.3 cm³/mol. The number of hydrogen-bond acceptors (Lipinski definition) is 3. The van der Waals surface area contributed by atoms with E-state index in [9.17, 15) is 9.59 Å². The number of ether oxygens (including phenoxy) is 1. The number of halogens is 1. The minimum Gasteiger partial charge on any atom is -0.467 e. The zero-order valence-corrected chi connectivity index (χ0v) is 11.6. The van der Waals surface area contributed by atoms with Crippen LogP contribution in [0.4, 0.5) is 0 Å². The Bertz CT molecular complexity index is 432. The summed E-state index contributed by atoms with van der Waals surface area (Å²) in [5, 5.41) is 0.211. The van der Waals surface area contributed by atoms with E-state index in [0.29, 0.717) is 13.0 Å². The van der Waals surface area contributed by atoms with E-state index < -0.39 is 6.04 Å². The number of nitrogens with zero attached hydrogens (tertiary/aromatic N) is 1. The van der Waals surface area contributed by atoms with Crippen molar-refractivity contribution in [2.45, 2.75) is 19.0 Å². The van der Waals surface area contributed by atoms with Gasteiger partial charge in [0.1, 0.15) is 6.04 Å². The molecule has 1 atom stereocenters. The highest BCUT2D eigenvalue weighted by molar-refractivity contribution is 9.09. The molecule has 0 bridgehead atoms. The summed E-state index contributed by atoms with van der Waals surface area (Å²) in [5.74, 6) is -0.460. The van der Waals surface area contributed by atoms with Crippen LogP contribution < -0.4 is 0 Å². The van der Waals surface area contributed by atoms with Gasteiger partial charge >= 0.3 is 5.97 Å². The van der Waals surface area contributed by atoms with Crippen LogP contribution in [-0.4, -0.2) is 35.3 Å². The summed E-state index contributed by atoms with van der Waals surface area (Å²) < 4.78 is 4.78. The molecule has 0 saturated carbocycles. The highest BCUT2D eigenvalue weighted by atomic mass is 79.9. The summed E-state index contributed by atoms with van der Waals surface area (Å²) in [6, 6.07) is 7.33. The normalized spacial score (nSPS) is 18.1. The van der Waals surface area contributed by atoms with Gasteiger partial charge in [-0.05, 0) is 11.1 Å². The zero-order valence-electron chi connectivity index (χ0n) is 10.1. The van der Waals surface area contributed by atoms with Crippen LogP contribution in [0.1, 0.15) is 11.1 Å². The third-order valence-corrected chi connectivity index (χ3v) is 3.64. The molecule has 4 nitrogen and oxygen atoms in total. The van der Waals surface area contributed by atoms with Crippen molar-refractivity contribution in [2.75, 3.05) is 12.4 Å². The lowest BCUT2D eigenvalue weighted by Crippen LogP contribution is -2.49. The van der Waals surface area contributed by atoms with E-state index in [1.165, 1.54) is 7.11 Å². The second kappa shape index (κ2) is 5.52. The molecule has 0 saturated heterocycles. The molecule has 1 aliphatic rings. The average molecular weight is 312 g/mol. The first-order valence-electron chi connectivity index (χ1n) is 5.67. The lowest BCUT2D eigenvalue weighted by Gasteiger charge is -2.34. The van der Waals surface area contributed by atoms with Crippen molar-refractivity contribution < 1.29 is 14.3 Å². The van der Waals surface area contributed by atoms with Crippen LogP contribution in [0.5, 0.6) is 0 Å². The topological polar surface area (TPSA) is 46.6 Å². The van der Waals surface area contributed by atoms with Crippen molar-refractivity contribution in [1.82, 2.24) is 4.90 Å². The Morgan fingerprint density at radius 1 is 1.39 bits per heavy atom. The number of benzene rings is 1. The minimum atomic E-state index is -0.519.